The summed E-state index contributed by atoms with van der Waals surface area (Å²) in [5.41, 5.74) is 1.25. The third-order valence-corrected chi connectivity index (χ3v) is 4.72. The van der Waals surface area contributed by atoms with Crippen molar-refractivity contribution in [3.63, 3.8) is 0 Å². The molecule has 2 rings (SSSR count). The van der Waals surface area contributed by atoms with Crippen LogP contribution in [0.5, 0.6) is 5.75 Å². The van der Waals surface area contributed by atoms with Crippen LogP contribution < -0.4 is 10.1 Å². The zero-order valence-electron chi connectivity index (χ0n) is 12.8. The van der Waals surface area contributed by atoms with Crippen LogP contribution in [-0.4, -0.2) is 13.2 Å². The number of ether oxygens (including phenoxy) is 1. The molecule has 0 aliphatic carbocycles. The van der Waals surface area contributed by atoms with Gasteiger partial charge in [-0.1, -0.05) is 29.8 Å². The highest BCUT2D eigenvalue weighted by molar-refractivity contribution is 9.10. The van der Waals surface area contributed by atoms with E-state index in [-0.39, 0.29) is 0 Å². The fourth-order valence-corrected chi connectivity index (χ4v) is 3.37. The van der Waals surface area contributed by atoms with Crippen molar-refractivity contribution in [1.82, 2.24) is 5.32 Å². The van der Waals surface area contributed by atoms with Gasteiger partial charge in [-0.15, -0.1) is 11.3 Å². The van der Waals surface area contributed by atoms with Gasteiger partial charge in [0, 0.05) is 27.3 Å². The van der Waals surface area contributed by atoms with Crippen molar-refractivity contribution in [2.24, 2.45) is 0 Å². The Hall–Kier alpha value is -0.840. The summed E-state index contributed by atoms with van der Waals surface area (Å²) in [5, 5.41) is 3.42. The van der Waals surface area contributed by atoms with E-state index >= 15 is 0 Å². The van der Waals surface area contributed by atoms with Gasteiger partial charge in [0.1, 0.15) is 12.4 Å². The summed E-state index contributed by atoms with van der Waals surface area (Å²) in [5.74, 6) is 1.45. The second-order valence-corrected chi connectivity index (χ2v) is 7.66. The van der Waals surface area contributed by atoms with E-state index in [4.69, 9.17) is 4.74 Å². The molecule has 21 heavy (non-hydrogen) atoms. The number of nitrogens with one attached hydrogen (secondary N) is 1. The third-order valence-electron chi connectivity index (χ3n) is 3.23. The molecule has 1 heterocycles. The summed E-state index contributed by atoms with van der Waals surface area (Å²) in [7, 11) is 0. The van der Waals surface area contributed by atoms with Crippen molar-refractivity contribution in [3.8, 4) is 5.75 Å². The number of hydrogen-bond acceptors (Lipinski definition) is 3. The standard InChI is InChI=1S/C17H22BrNOS/c1-12(2)16-10-14(18)5-7-17(16)20-9-8-19-11-15-6-4-13(3)21-15/h4-7,10,12,19H,8-9,11H2,1-3H3. The lowest BCUT2D eigenvalue weighted by Crippen LogP contribution is -2.20. The quantitative estimate of drug-likeness (QED) is 0.686. The average Bonchev–Trinajstić information content (AvgIpc) is 2.85. The topological polar surface area (TPSA) is 21.3 Å². The van der Waals surface area contributed by atoms with E-state index in [0.29, 0.717) is 12.5 Å². The van der Waals surface area contributed by atoms with Crippen LogP contribution in [0.3, 0.4) is 0 Å². The fourth-order valence-electron chi connectivity index (χ4n) is 2.13. The Morgan fingerprint density at radius 2 is 2.05 bits per heavy atom. The molecule has 2 aromatic rings. The summed E-state index contributed by atoms with van der Waals surface area (Å²) < 4.78 is 7.02. The van der Waals surface area contributed by atoms with E-state index in [1.54, 1.807) is 0 Å². The SMILES string of the molecule is Cc1ccc(CNCCOc2ccc(Br)cc2C(C)C)s1. The van der Waals surface area contributed by atoms with Gasteiger partial charge in [-0.2, -0.15) is 0 Å². The van der Waals surface area contributed by atoms with Gasteiger partial charge in [-0.3, -0.25) is 0 Å². The molecular weight excluding hydrogens is 346 g/mol. The predicted octanol–water partition coefficient (Wildman–Crippen LogP) is 5.11. The molecule has 1 aromatic heterocycles. The maximum atomic E-state index is 5.92. The van der Waals surface area contributed by atoms with Crippen LogP contribution in [-0.2, 0) is 6.54 Å². The molecule has 0 fully saturated rings. The zero-order valence-corrected chi connectivity index (χ0v) is 15.2. The highest BCUT2D eigenvalue weighted by atomic mass is 79.9. The van der Waals surface area contributed by atoms with Gasteiger partial charge >= 0.3 is 0 Å². The highest BCUT2D eigenvalue weighted by Gasteiger charge is 2.08. The molecule has 0 atom stereocenters. The Labute approximate surface area is 139 Å². The summed E-state index contributed by atoms with van der Waals surface area (Å²) in [6, 6.07) is 10.6. The summed E-state index contributed by atoms with van der Waals surface area (Å²) in [4.78, 5) is 2.73. The molecule has 1 N–H and O–H groups in total. The zero-order chi connectivity index (χ0) is 15.2. The maximum absolute atomic E-state index is 5.92. The Kier molecular flexibility index (Phi) is 6.27. The molecule has 4 heteroatoms. The molecule has 0 aliphatic heterocycles. The Bertz CT molecular complexity index is 580. The van der Waals surface area contributed by atoms with Crippen molar-refractivity contribution in [1.29, 1.82) is 0 Å². The van der Waals surface area contributed by atoms with Crippen LogP contribution in [0.2, 0.25) is 0 Å². The first-order valence-electron chi connectivity index (χ1n) is 7.24. The second-order valence-electron chi connectivity index (χ2n) is 5.37. The van der Waals surface area contributed by atoms with Crippen LogP contribution in [0.1, 0.15) is 35.1 Å². The van der Waals surface area contributed by atoms with Crippen LogP contribution in [0, 0.1) is 6.92 Å². The molecule has 0 saturated heterocycles. The van der Waals surface area contributed by atoms with E-state index in [9.17, 15) is 0 Å². The molecule has 2 nitrogen and oxygen atoms in total. The minimum atomic E-state index is 0.458. The number of hydrogen-bond donors (Lipinski definition) is 1. The van der Waals surface area contributed by atoms with Crippen molar-refractivity contribution in [2.45, 2.75) is 33.2 Å². The first-order chi connectivity index (χ1) is 10.1. The van der Waals surface area contributed by atoms with Gasteiger partial charge < -0.3 is 10.1 Å². The lowest BCUT2D eigenvalue weighted by atomic mass is 10.0. The first kappa shape index (κ1) is 16.5. The number of rotatable bonds is 7. The van der Waals surface area contributed by atoms with E-state index in [2.05, 4.69) is 60.2 Å². The maximum Gasteiger partial charge on any atom is 0.122 e. The monoisotopic (exact) mass is 367 g/mol. The first-order valence-corrected chi connectivity index (χ1v) is 8.85. The van der Waals surface area contributed by atoms with Gasteiger partial charge in [0.15, 0.2) is 0 Å². The molecule has 1 aromatic carbocycles. The van der Waals surface area contributed by atoms with E-state index in [1.165, 1.54) is 15.3 Å². The number of halogens is 1. The molecule has 0 amide bonds. The van der Waals surface area contributed by atoms with Gasteiger partial charge in [0.05, 0.1) is 0 Å². The smallest absolute Gasteiger partial charge is 0.122 e. The Morgan fingerprint density at radius 1 is 1.24 bits per heavy atom. The predicted molar refractivity (Wildman–Crippen MR) is 94.5 cm³/mol. The van der Waals surface area contributed by atoms with Gasteiger partial charge in [0.25, 0.3) is 0 Å². The number of thiophene rings is 1. The number of aryl methyl sites for hydroxylation is 1. The van der Waals surface area contributed by atoms with Gasteiger partial charge in [-0.05, 0) is 48.7 Å². The molecule has 0 bridgehead atoms. The lowest BCUT2D eigenvalue weighted by molar-refractivity contribution is 0.309. The van der Waals surface area contributed by atoms with E-state index in [1.807, 2.05) is 23.5 Å². The average molecular weight is 368 g/mol. The minimum Gasteiger partial charge on any atom is -0.492 e. The molecule has 0 aliphatic rings. The van der Waals surface area contributed by atoms with E-state index in [0.717, 1.165) is 23.3 Å². The summed E-state index contributed by atoms with van der Waals surface area (Å²) >= 11 is 5.36. The molecule has 114 valence electrons. The second kappa shape index (κ2) is 7.97. The van der Waals surface area contributed by atoms with Crippen LogP contribution >= 0.6 is 27.3 Å². The van der Waals surface area contributed by atoms with E-state index < -0.39 is 0 Å². The number of benzene rings is 1. The minimum absolute atomic E-state index is 0.458. The third kappa shape index (κ3) is 5.13. The summed E-state index contributed by atoms with van der Waals surface area (Å²) in [6.07, 6.45) is 0. The van der Waals surface area contributed by atoms with Crippen LogP contribution in [0.15, 0.2) is 34.8 Å². The van der Waals surface area contributed by atoms with Crippen LogP contribution in [0.25, 0.3) is 0 Å². The van der Waals surface area contributed by atoms with Gasteiger partial charge in [-0.25, -0.2) is 0 Å². The fraction of sp³-hybridized carbons (Fsp3) is 0.412. The highest BCUT2D eigenvalue weighted by Crippen LogP contribution is 2.29. The largest absolute Gasteiger partial charge is 0.492 e. The summed E-state index contributed by atoms with van der Waals surface area (Å²) in [6.45, 7) is 8.96. The van der Waals surface area contributed by atoms with Crippen molar-refractivity contribution >= 4 is 27.3 Å². The molecule has 0 saturated carbocycles. The van der Waals surface area contributed by atoms with Crippen LogP contribution in [0.4, 0.5) is 0 Å². The molecule has 0 spiro atoms. The lowest BCUT2D eigenvalue weighted by Gasteiger charge is -2.14. The van der Waals surface area contributed by atoms with Crippen molar-refractivity contribution < 1.29 is 4.74 Å². The van der Waals surface area contributed by atoms with Crippen molar-refractivity contribution in [3.05, 3.63) is 50.1 Å². The molecule has 0 radical (unpaired) electrons. The normalized spacial score (nSPS) is 11.1. The Balaban J connectivity index is 1.78. The van der Waals surface area contributed by atoms with Gasteiger partial charge in [0.2, 0.25) is 0 Å². The molecular formula is C17H22BrNOS. The van der Waals surface area contributed by atoms with Crippen molar-refractivity contribution in [2.75, 3.05) is 13.2 Å². The Morgan fingerprint density at radius 3 is 2.71 bits per heavy atom. The molecule has 0 unspecified atom stereocenters.